The third-order valence-corrected chi connectivity index (χ3v) is 5.62. The van der Waals surface area contributed by atoms with Crippen molar-refractivity contribution in [3.05, 3.63) is 20.8 Å². The third-order valence-electron chi connectivity index (χ3n) is 3.78. The molecule has 0 aromatic carbocycles. The van der Waals surface area contributed by atoms with Crippen molar-refractivity contribution in [2.24, 2.45) is 0 Å². The maximum absolute atomic E-state index is 12.9. The van der Waals surface area contributed by atoms with Crippen LogP contribution in [0.4, 0.5) is 0 Å². The molecule has 0 radical (unpaired) electrons. The quantitative estimate of drug-likeness (QED) is 0.681. The number of hydrogen-bond donors (Lipinski definition) is 0. The molecule has 1 aromatic heterocycles. The zero-order chi connectivity index (χ0) is 13.8. The lowest BCUT2D eigenvalue weighted by molar-refractivity contribution is 0.0538. The van der Waals surface area contributed by atoms with Crippen LogP contribution in [0.25, 0.3) is 0 Å². The second-order valence-corrected chi connectivity index (χ2v) is 6.11. The molecule has 0 bridgehead atoms. The second kappa shape index (κ2) is 6.83. The predicted molar refractivity (Wildman–Crippen MR) is 82.6 cm³/mol. The standard InChI is InChI=1S/C14H22BrNOS/c1-5-14(6-2,16(7-3)8-4)13(17)12-11(15)9-10-18-12/h9-10H,5-8H2,1-4H3. The number of nitrogens with zero attached hydrogens (tertiary/aromatic N) is 1. The Morgan fingerprint density at radius 2 is 1.83 bits per heavy atom. The van der Waals surface area contributed by atoms with Crippen LogP contribution >= 0.6 is 27.3 Å². The number of Topliss-reactive ketones (excluding diaryl/α,β-unsaturated/α-hetero) is 1. The zero-order valence-electron chi connectivity index (χ0n) is 11.6. The number of likely N-dealkylation sites (N-methyl/N-ethyl adjacent to an activating group) is 1. The van der Waals surface area contributed by atoms with Gasteiger partial charge in [-0.25, -0.2) is 0 Å². The third kappa shape index (κ3) is 2.70. The lowest BCUT2D eigenvalue weighted by Crippen LogP contribution is -2.53. The van der Waals surface area contributed by atoms with Crippen molar-refractivity contribution in [2.45, 2.75) is 46.1 Å². The Hall–Kier alpha value is -0.190. The highest BCUT2D eigenvalue weighted by Gasteiger charge is 2.40. The smallest absolute Gasteiger partial charge is 0.194 e. The number of carbonyl (C=O) groups excluding carboxylic acids is 1. The first-order valence-electron chi connectivity index (χ1n) is 6.60. The highest BCUT2D eigenvalue weighted by atomic mass is 79.9. The average molecular weight is 332 g/mol. The Morgan fingerprint density at radius 3 is 2.17 bits per heavy atom. The first-order valence-corrected chi connectivity index (χ1v) is 8.27. The molecule has 0 spiro atoms. The molecule has 1 rings (SSSR count). The Kier molecular flexibility index (Phi) is 6.02. The van der Waals surface area contributed by atoms with E-state index in [-0.39, 0.29) is 11.3 Å². The van der Waals surface area contributed by atoms with Crippen LogP contribution in [-0.2, 0) is 0 Å². The Labute approximate surface area is 123 Å². The van der Waals surface area contributed by atoms with Crippen molar-refractivity contribution in [1.29, 1.82) is 0 Å². The fourth-order valence-corrected chi connectivity index (χ4v) is 4.24. The Morgan fingerprint density at radius 1 is 1.28 bits per heavy atom. The molecule has 0 aliphatic carbocycles. The molecule has 1 aromatic rings. The summed E-state index contributed by atoms with van der Waals surface area (Å²) in [6.45, 7) is 10.3. The molecule has 18 heavy (non-hydrogen) atoms. The number of rotatable bonds is 7. The van der Waals surface area contributed by atoms with Crippen molar-refractivity contribution in [2.75, 3.05) is 13.1 Å². The Balaban J connectivity index is 3.20. The summed E-state index contributed by atoms with van der Waals surface area (Å²) >= 11 is 5.01. The molecule has 0 amide bonds. The van der Waals surface area contributed by atoms with E-state index in [2.05, 4.69) is 48.5 Å². The van der Waals surface area contributed by atoms with E-state index < -0.39 is 0 Å². The van der Waals surface area contributed by atoms with E-state index in [0.717, 1.165) is 35.3 Å². The van der Waals surface area contributed by atoms with Gasteiger partial charge >= 0.3 is 0 Å². The molecule has 0 fully saturated rings. The number of hydrogen-bond acceptors (Lipinski definition) is 3. The van der Waals surface area contributed by atoms with Crippen LogP contribution < -0.4 is 0 Å². The summed E-state index contributed by atoms with van der Waals surface area (Å²) in [5, 5.41) is 1.97. The van der Waals surface area contributed by atoms with Gasteiger partial charge < -0.3 is 0 Å². The fraction of sp³-hybridized carbons (Fsp3) is 0.643. The van der Waals surface area contributed by atoms with E-state index in [1.54, 1.807) is 0 Å². The van der Waals surface area contributed by atoms with E-state index in [1.165, 1.54) is 11.3 Å². The van der Waals surface area contributed by atoms with Crippen molar-refractivity contribution in [3.63, 3.8) is 0 Å². The number of carbonyl (C=O) groups is 1. The molecular weight excluding hydrogens is 310 g/mol. The van der Waals surface area contributed by atoms with Crippen molar-refractivity contribution >= 4 is 33.0 Å². The molecule has 4 heteroatoms. The normalized spacial score (nSPS) is 12.1. The summed E-state index contributed by atoms with van der Waals surface area (Å²) in [7, 11) is 0. The number of ketones is 1. The molecule has 0 aliphatic rings. The molecule has 0 saturated heterocycles. The molecule has 0 atom stereocenters. The van der Waals surface area contributed by atoms with Crippen LogP contribution in [0.3, 0.4) is 0 Å². The van der Waals surface area contributed by atoms with Gasteiger partial charge in [-0.05, 0) is 53.3 Å². The Bertz CT molecular complexity index is 394. The topological polar surface area (TPSA) is 20.3 Å². The molecule has 0 N–H and O–H groups in total. The molecule has 1 heterocycles. The first-order chi connectivity index (χ1) is 8.57. The highest BCUT2D eigenvalue weighted by molar-refractivity contribution is 9.10. The number of thiophene rings is 1. The average Bonchev–Trinajstić information content (AvgIpc) is 2.81. The molecular formula is C14H22BrNOS. The second-order valence-electron chi connectivity index (χ2n) is 4.34. The minimum atomic E-state index is -0.350. The predicted octanol–water partition coefficient (Wildman–Crippen LogP) is 4.59. The lowest BCUT2D eigenvalue weighted by Gasteiger charge is -2.40. The number of halogens is 1. The summed E-state index contributed by atoms with van der Waals surface area (Å²) in [6, 6.07) is 1.95. The van der Waals surface area contributed by atoms with Crippen molar-refractivity contribution in [1.82, 2.24) is 4.90 Å². The summed E-state index contributed by atoms with van der Waals surface area (Å²) in [4.78, 5) is 16.1. The SMILES string of the molecule is CCN(CC)C(CC)(CC)C(=O)c1sccc1Br. The summed E-state index contributed by atoms with van der Waals surface area (Å²) in [5.41, 5.74) is -0.350. The molecule has 0 aliphatic heterocycles. The minimum Gasteiger partial charge on any atom is -0.291 e. The largest absolute Gasteiger partial charge is 0.291 e. The van der Waals surface area contributed by atoms with Crippen LogP contribution in [0.15, 0.2) is 15.9 Å². The van der Waals surface area contributed by atoms with Gasteiger partial charge in [-0.1, -0.05) is 27.7 Å². The van der Waals surface area contributed by atoms with Gasteiger partial charge in [0.1, 0.15) is 0 Å². The van der Waals surface area contributed by atoms with Gasteiger partial charge in [-0.3, -0.25) is 9.69 Å². The molecule has 2 nitrogen and oxygen atoms in total. The van der Waals surface area contributed by atoms with Crippen LogP contribution in [-0.4, -0.2) is 29.3 Å². The van der Waals surface area contributed by atoms with Gasteiger partial charge in [0.05, 0.1) is 10.4 Å². The lowest BCUT2D eigenvalue weighted by atomic mass is 9.85. The van der Waals surface area contributed by atoms with Crippen molar-refractivity contribution < 1.29 is 4.79 Å². The molecule has 0 saturated carbocycles. The van der Waals surface area contributed by atoms with Crippen molar-refractivity contribution in [3.8, 4) is 0 Å². The van der Waals surface area contributed by atoms with Crippen LogP contribution in [0, 0.1) is 0 Å². The minimum absolute atomic E-state index is 0.262. The zero-order valence-corrected chi connectivity index (χ0v) is 14.0. The van der Waals surface area contributed by atoms with Gasteiger partial charge in [0, 0.05) is 4.47 Å². The van der Waals surface area contributed by atoms with E-state index >= 15 is 0 Å². The van der Waals surface area contributed by atoms with Crippen LogP contribution in [0.2, 0.25) is 0 Å². The van der Waals surface area contributed by atoms with E-state index in [9.17, 15) is 4.79 Å². The van der Waals surface area contributed by atoms with Crippen LogP contribution in [0.5, 0.6) is 0 Å². The highest BCUT2D eigenvalue weighted by Crippen LogP contribution is 2.33. The van der Waals surface area contributed by atoms with Crippen LogP contribution in [0.1, 0.15) is 50.2 Å². The maximum Gasteiger partial charge on any atom is 0.194 e. The maximum atomic E-state index is 12.9. The monoisotopic (exact) mass is 331 g/mol. The van der Waals surface area contributed by atoms with Gasteiger partial charge in [-0.15, -0.1) is 11.3 Å². The summed E-state index contributed by atoms with van der Waals surface area (Å²) < 4.78 is 0.927. The fourth-order valence-electron chi connectivity index (χ4n) is 2.66. The molecule has 0 unspecified atom stereocenters. The molecule has 102 valence electrons. The summed E-state index contributed by atoms with van der Waals surface area (Å²) in [6.07, 6.45) is 1.71. The van der Waals surface area contributed by atoms with Gasteiger partial charge in [0.25, 0.3) is 0 Å². The van der Waals surface area contributed by atoms with Gasteiger partial charge in [0.2, 0.25) is 0 Å². The van der Waals surface area contributed by atoms with Gasteiger partial charge in [-0.2, -0.15) is 0 Å². The van der Waals surface area contributed by atoms with E-state index in [0.29, 0.717) is 0 Å². The summed E-state index contributed by atoms with van der Waals surface area (Å²) in [5.74, 6) is 0.262. The van der Waals surface area contributed by atoms with E-state index in [1.807, 2.05) is 11.4 Å². The van der Waals surface area contributed by atoms with E-state index in [4.69, 9.17) is 0 Å². The first kappa shape index (κ1) is 15.9. The van der Waals surface area contributed by atoms with Gasteiger partial charge in [0.15, 0.2) is 5.78 Å².